The van der Waals surface area contributed by atoms with Gasteiger partial charge in [0.25, 0.3) is 0 Å². The van der Waals surface area contributed by atoms with Crippen molar-refractivity contribution in [2.45, 2.75) is 25.8 Å². The van der Waals surface area contributed by atoms with E-state index in [1.807, 2.05) is 10.7 Å². The average Bonchev–Trinajstić information content (AvgIpc) is 2.76. The van der Waals surface area contributed by atoms with Crippen LogP contribution in [0.1, 0.15) is 18.5 Å². The van der Waals surface area contributed by atoms with Gasteiger partial charge in [0, 0.05) is 31.3 Å². The molecule has 0 aromatic carbocycles. The van der Waals surface area contributed by atoms with Crippen LogP contribution in [-0.2, 0) is 17.8 Å². The molecule has 1 aromatic heterocycles. The number of imide groups is 1. The molecular weight excluding hydrogens is 208 g/mol. The van der Waals surface area contributed by atoms with Gasteiger partial charge in [0.05, 0.1) is 0 Å². The number of carbonyl (C=O) groups is 2. The summed E-state index contributed by atoms with van der Waals surface area (Å²) < 4.78 is 1.93. The van der Waals surface area contributed by atoms with E-state index < -0.39 is 0 Å². The van der Waals surface area contributed by atoms with E-state index in [1.165, 1.54) is 10.6 Å². The lowest BCUT2D eigenvalue weighted by molar-refractivity contribution is -0.120. The van der Waals surface area contributed by atoms with Crippen molar-refractivity contribution < 1.29 is 9.59 Å². The summed E-state index contributed by atoms with van der Waals surface area (Å²) in [7, 11) is 0. The highest BCUT2D eigenvalue weighted by molar-refractivity contribution is 6.05. The first-order chi connectivity index (χ1) is 7.74. The Hall–Kier alpha value is -1.85. The molecule has 3 amide bonds. The molecular formula is C10H12N4O2. The highest BCUT2D eigenvalue weighted by Crippen LogP contribution is 2.22. The first kappa shape index (κ1) is 9.38. The van der Waals surface area contributed by atoms with Crippen molar-refractivity contribution >= 4 is 17.8 Å². The number of hydrogen-bond acceptors (Lipinski definition) is 3. The fourth-order valence-electron chi connectivity index (χ4n) is 2.16. The van der Waals surface area contributed by atoms with Crippen molar-refractivity contribution in [2.24, 2.45) is 0 Å². The lowest BCUT2D eigenvalue weighted by atomic mass is 10.2. The Morgan fingerprint density at radius 3 is 2.88 bits per heavy atom. The average molecular weight is 220 g/mol. The van der Waals surface area contributed by atoms with Gasteiger partial charge in [-0.05, 0) is 12.8 Å². The van der Waals surface area contributed by atoms with E-state index in [9.17, 15) is 9.59 Å². The molecule has 16 heavy (non-hydrogen) atoms. The van der Waals surface area contributed by atoms with Crippen LogP contribution in [0.15, 0.2) is 6.07 Å². The summed E-state index contributed by atoms with van der Waals surface area (Å²) in [5, 5.41) is 6.65. The minimum atomic E-state index is -0.368. The maximum atomic E-state index is 11.6. The van der Waals surface area contributed by atoms with Gasteiger partial charge < -0.3 is 0 Å². The standard InChI is InChI=1S/C10H12N4O2/c15-9-3-5-13(10(16)11-9)8-6-7-2-1-4-14(7)12-8/h6H,1-5H2,(H,11,15,16). The lowest BCUT2D eigenvalue weighted by Crippen LogP contribution is -2.49. The number of aryl methyl sites for hydroxylation is 2. The smallest absolute Gasteiger partial charge is 0.278 e. The minimum Gasteiger partial charge on any atom is -0.278 e. The van der Waals surface area contributed by atoms with E-state index in [-0.39, 0.29) is 11.9 Å². The van der Waals surface area contributed by atoms with Crippen molar-refractivity contribution in [2.75, 3.05) is 11.4 Å². The van der Waals surface area contributed by atoms with Gasteiger partial charge in [-0.15, -0.1) is 0 Å². The van der Waals surface area contributed by atoms with Gasteiger partial charge >= 0.3 is 6.03 Å². The second-order valence-electron chi connectivity index (χ2n) is 4.08. The molecule has 0 unspecified atom stereocenters. The van der Waals surface area contributed by atoms with Crippen LogP contribution in [0.5, 0.6) is 0 Å². The number of urea groups is 1. The van der Waals surface area contributed by atoms with E-state index in [2.05, 4.69) is 10.4 Å². The molecule has 84 valence electrons. The quantitative estimate of drug-likeness (QED) is 0.739. The Morgan fingerprint density at radius 2 is 2.12 bits per heavy atom. The van der Waals surface area contributed by atoms with Gasteiger partial charge in [0.15, 0.2) is 5.82 Å². The van der Waals surface area contributed by atoms with Crippen LogP contribution < -0.4 is 10.2 Å². The van der Waals surface area contributed by atoms with Crippen molar-refractivity contribution in [1.82, 2.24) is 15.1 Å². The zero-order valence-electron chi connectivity index (χ0n) is 8.77. The minimum absolute atomic E-state index is 0.215. The number of aromatic nitrogens is 2. The molecule has 0 spiro atoms. The fraction of sp³-hybridized carbons (Fsp3) is 0.500. The Morgan fingerprint density at radius 1 is 1.25 bits per heavy atom. The predicted molar refractivity (Wildman–Crippen MR) is 56.0 cm³/mol. The summed E-state index contributed by atoms with van der Waals surface area (Å²) in [4.78, 5) is 24.1. The number of rotatable bonds is 1. The van der Waals surface area contributed by atoms with Gasteiger partial charge in [0.2, 0.25) is 5.91 Å². The first-order valence-electron chi connectivity index (χ1n) is 5.42. The van der Waals surface area contributed by atoms with Gasteiger partial charge in [-0.1, -0.05) is 0 Å². The van der Waals surface area contributed by atoms with Crippen LogP contribution in [0.3, 0.4) is 0 Å². The maximum Gasteiger partial charge on any atom is 0.329 e. The third-order valence-electron chi connectivity index (χ3n) is 2.98. The first-order valence-corrected chi connectivity index (χ1v) is 5.42. The van der Waals surface area contributed by atoms with Gasteiger partial charge in [-0.2, -0.15) is 5.10 Å². The molecule has 3 rings (SSSR count). The molecule has 0 radical (unpaired) electrons. The van der Waals surface area contributed by atoms with Crippen molar-refractivity contribution in [3.63, 3.8) is 0 Å². The highest BCUT2D eigenvalue weighted by Gasteiger charge is 2.27. The van der Waals surface area contributed by atoms with Crippen LogP contribution in [0.25, 0.3) is 0 Å². The molecule has 0 saturated carbocycles. The topological polar surface area (TPSA) is 67.2 Å². The van der Waals surface area contributed by atoms with Gasteiger partial charge in [-0.3, -0.25) is 19.7 Å². The summed E-state index contributed by atoms with van der Waals surface area (Å²) in [5.41, 5.74) is 1.17. The van der Waals surface area contributed by atoms with E-state index in [4.69, 9.17) is 0 Å². The van der Waals surface area contributed by atoms with Gasteiger partial charge in [0.1, 0.15) is 0 Å². The van der Waals surface area contributed by atoms with Crippen LogP contribution >= 0.6 is 0 Å². The summed E-state index contributed by atoms with van der Waals surface area (Å²) in [5.74, 6) is 0.438. The second kappa shape index (κ2) is 3.33. The van der Waals surface area contributed by atoms with Crippen LogP contribution in [-0.4, -0.2) is 28.3 Å². The summed E-state index contributed by atoms with van der Waals surface area (Å²) >= 11 is 0. The molecule has 1 fully saturated rings. The molecule has 0 bridgehead atoms. The third kappa shape index (κ3) is 1.37. The Labute approximate surface area is 92.2 Å². The zero-order valence-corrected chi connectivity index (χ0v) is 8.77. The number of hydrogen-bond donors (Lipinski definition) is 1. The Kier molecular flexibility index (Phi) is 1.95. The molecule has 2 aliphatic heterocycles. The summed E-state index contributed by atoms with van der Waals surface area (Å²) in [6.07, 6.45) is 2.47. The Bertz CT molecular complexity index is 444. The summed E-state index contributed by atoms with van der Waals surface area (Å²) in [6, 6.07) is 1.57. The van der Waals surface area contributed by atoms with E-state index >= 15 is 0 Å². The van der Waals surface area contributed by atoms with Crippen LogP contribution in [0, 0.1) is 0 Å². The Balaban J connectivity index is 1.86. The molecule has 1 saturated heterocycles. The van der Waals surface area contributed by atoms with E-state index in [0.29, 0.717) is 18.8 Å². The van der Waals surface area contributed by atoms with Crippen LogP contribution in [0.2, 0.25) is 0 Å². The van der Waals surface area contributed by atoms with Crippen LogP contribution in [0.4, 0.5) is 10.6 Å². The van der Waals surface area contributed by atoms with Crippen molar-refractivity contribution in [1.29, 1.82) is 0 Å². The molecule has 6 heteroatoms. The molecule has 0 aliphatic carbocycles. The third-order valence-corrected chi connectivity index (χ3v) is 2.98. The lowest BCUT2D eigenvalue weighted by Gasteiger charge is -2.24. The second-order valence-corrected chi connectivity index (χ2v) is 4.08. The number of nitrogens with one attached hydrogen (secondary N) is 1. The monoisotopic (exact) mass is 220 g/mol. The number of amides is 3. The molecule has 3 heterocycles. The highest BCUT2D eigenvalue weighted by atomic mass is 16.2. The number of nitrogens with zero attached hydrogens (tertiary/aromatic N) is 3. The number of anilines is 1. The zero-order chi connectivity index (χ0) is 11.1. The molecule has 6 nitrogen and oxygen atoms in total. The van der Waals surface area contributed by atoms with Gasteiger partial charge in [-0.25, -0.2) is 4.79 Å². The fourth-order valence-corrected chi connectivity index (χ4v) is 2.16. The number of carbonyl (C=O) groups excluding carboxylic acids is 2. The largest absolute Gasteiger partial charge is 0.329 e. The predicted octanol–water partition coefficient (Wildman–Crippen LogP) is 0.276. The molecule has 1 aromatic rings. The van der Waals surface area contributed by atoms with Crippen molar-refractivity contribution in [3.8, 4) is 0 Å². The van der Waals surface area contributed by atoms with Crippen molar-refractivity contribution in [3.05, 3.63) is 11.8 Å². The SMILES string of the molecule is O=C1CCN(c2cc3n(n2)CCC3)C(=O)N1. The number of fused-ring (bicyclic) bond motifs is 1. The van der Waals surface area contributed by atoms with E-state index in [0.717, 1.165) is 19.4 Å². The summed E-state index contributed by atoms with van der Waals surface area (Å²) in [6.45, 7) is 1.34. The molecule has 0 atom stereocenters. The van der Waals surface area contributed by atoms with E-state index in [1.54, 1.807) is 0 Å². The molecule has 2 aliphatic rings. The molecule has 1 N–H and O–H groups in total. The maximum absolute atomic E-state index is 11.6. The normalized spacial score (nSPS) is 19.9.